The summed E-state index contributed by atoms with van der Waals surface area (Å²) in [7, 11) is 1.94. The number of likely N-dealkylation sites (tertiary alicyclic amines) is 1. The van der Waals surface area contributed by atoms with E-state index < -0.39 is 0 Å². The number of piperidine rings is 1. The van der Waals surface area contributed by atoms with E-state index in [-0.39, 0.29) is 11.8 Å². The Labute approximate surface area is 146 Å². The molecule has 0 bridgehead atoms. The van der Waals surface area contributed by atoms with Crippen molar-refractivity contribution in [3.63, 3.8) is 0 Å². The van der Waals surface area contributed by atoms with Crippen LogP contribution in [0.4, 0.5) is 0 Å². The van der Waals surface area contributed by atoms with Gasteiger partial charge in [-0.15, -0.1) is 10.2 Å². The molecule has 132 valence electrons. The van der Waals surface area contributed by atoms with Gasteiger partial charge in [-0.25, -0.2) is 0 Å². The molecule has 0 unspecified atom stereocenters. The van der Waals surface area contributed by atoms with Crippen LogP contribution in [0.2, 0.25) is 0 Å². The third-order valence-electron chi connectivity index (χ3n) is 4.81. The van der Waals surface area contributed by atoms with Crippen LogP contribution in [-0.2, 0) is 7.05 Å². The maximum Gasteiger partial charge on any atom is 0.254 e. The summed E-state index contributed by atoms with van der Waals surface area (Å²) < 4.78 is 13.3. The molecule has 3 heterocycles. The van der Waals surface area contributed by atoms with Gasteiger partial charge in [0.25, 0.3) is 5.91 Å². The zero-order valence-corrected chi connectivity index (χ0v) is 14.4. The number of amides is 1. The van der Waals surface area contributed by atoms with Crippen LogP contribution < -0.4 is 9.47 Å². The third kappa shape index (κ3) is 3.18. The molecule has 1 saturated heterocycles. The Kier molecular flexibility index (Phi) is 4.29. The number of rotatable bonds is 2. The van der Waals surface area contributed by atoms with Gasteiger partial charge in [-0.2, -0.15) is 0 Å². The van der Waals surface area contributed by atoms with Crippen LogP contribution in [-0.4, -0.2) is 51.9 Å². The van der Waals surface area contributed by atoms with Gasteiger partial charge in [0, 0.05) is 38.0 Å². The average Bonchev–Trinajstić information content (AvgIpc) is 2.93. The van der Waals surface area contributed by atoms with Crippen molar-refractivity contribution < 1.29 is 14.3 Å². The SMILES string of the molecule is Cn1cnnc1[C@@H]1CCCN(C(=O)c2ccc3c(c2)OCCCO3)C1. The predicted molar refractivity (Wildman–Crippen MR) is 90.9 cm³/mol. The standard InChI is InChI=1S/C18H22N4O3/c1-21-12-19-20-17(21)14-4-2-7-22(11-14)18(23)13-5-6-15-16(10-13)25-9-3-8-24-15/h5-6,10,12,14H,2-4,7-9,11H2,1H3/t14-/m1/s1. The molecule has 7 heteroatoms. The smallest absolute Gasteiger partial charge is 0.254 e. The van der Waals surface area contributed by atoms with Crippen LogP contribution in [0.1, 0.15) is 41.4 Å². The Bertz CT molecular complexity index is 773. The fraction of sp³-hybridized carbons (Fsp3) is 0.500. The van der Waals surface area contributed by atoms with E-state index in [4.69, 9.17) is 9.47 Å². The van der Waals surface area contributed by atoms with Gasteiger partial charge in [0.1, 0.15) is 12.2 Å². The lowest BCUT2D eigenvalue weighted by Crippen LogP contribution is -2.39. The first kappa shape index (κ1) is 15.9. The molecule has 4 rings (SSSR count). The molecule has 1 aromatic heterocycles. The number of aromatic nitrogens is 3. The van der Waals surface area contributed by atoms with Gasteiger partial charge < -0.3 is 18.9 Å². The van der Waals surface area contributed by atoms with Gasteiger partial charge in [0.15, 0.2) is 11.5 Å². The summed E-state index contributed by atoms with van der Waals surface area (Å²) in [5.41, 5.74) is 0.642. The highest BCUT2D eigenvalue weighted by atomic mass is 16.5. The van der Waals surface area contributed by atoms with Gasteiger partial charge in [0.2, 0.25) is 0 Å². The van der Waals surface area contributed by atoms with Crippen molar-refractivity contribution in [3.05, 3.63) is 35.9 Å². The van der Waals surface area contributed by atoms with E-state index in [1.54, 1.807) is 12.4 Å². The van der Waals surface area contributed by atoms with Gasteiger partial charge >= 0.3 is 0 Å². The molecule has 2 aliphatic heterocycles. The predicted octanol–water partition coefficient (Wildman–Crippen LogP) is 2.00. The Balaban J connectivity index is 1.52. The lowest BCUT2D eigenvalue weighted by Gasteiger charge is -2.32. The fourth-order valence-electron chi connectivity index (χ4n) is 3.51. The number of carbonyl (C=O) groups excluding carboxylic acids is 1. The summed E-state index contributed by atoms with van der Waals surface area (Å²) in [6, 6.07) is 5.45. The van der Waals surface area contributed by atoms with Crippen molar-refractivity contribution in [2.24, 2.45) is 7.05 Å². The molecule has 0 saturated carbocycles. The van der Waals surface area contributed by atoms with E-state index in [9.17, 15) is 4.79 Å². The lowest BCUT2D eigenvalue weighted by molar-refractivity contribution is 0.0703. The number of fused-ring (bicyclic) bond motifs is 1. The number of benzene rings is 1. The van der Waals surface area contributed by atoms with E-state index in [1.807, 2.05) is 28.6 Å². The van der Waals surface area contributed by atoms with Crippen molar-refractivity contribution in [1.82, 2.24) is 19.7 Å². The highest BCUT2D eigenvalue weighted by Gasteiger charge is 2.28. The maximum absolute atomic E-state index is 13.0. The summed E-state index contributed by atoms with van der Waals surface area (Å²) in [5, 5.41) is 8.17. The van der Waals surface area contributed by atoms with Gasteiger partial charge in [-0.1, -0.05) is 0 Å². The molecule has 2 aliphatic rings. The van der Waals surface area contributed by atoms with Crippen LogP contribution >= 0.6 is 0 Å². The van der Waals surface area contributed by atoms with Crippen LogP contribution in [0.25, 0.3) is 0 Å². The maximum atomic E-state index is 13.0. The highest BCUT2D eigenvalue weighted by molar-refractivity contribution is 5.95. The fourth-order valence-corrected chi connectivity index (χ4v) is 3.51. The van der Waals surface area contributed by atoms with E-state index >= 15 is 0 Å². The van der Waals surface area contributed by atoms with Crippen LogP contribution in [0, 0.1) is 0 Å². The van der Waals surface area contributed by atoms with E-state index in [0.717, 1.165) is 31.6 Å². The molecule has 7 nitrogen and oxygen atoms in total. The third-order valence-corrected chi connectivity index (χ3v) is 4.81. The minimum Gasteiger partial charge on any atom is -0.490 e. The van der Waals surface area contributed by atoms with Crippen LogP contribution in [0.15, 0.2) is 24.5 Å². The van der Waals surface area contributed by atoms with Crippen molar-refractivity contribution in [2.45, 2.75) is 25.2 Å². The minimum absolute atomic E-state index is 0.0301. The quantitative estimate of drug-likeness (QED) is 0.835. The number of aryl methyl sites for hydroxylation is 1. The second-order valence-electron chi connectivity index (χ2n) is 6.60. The monoisotopic (exact) mass is 342 g/mol. The Morgan fingerprint density at radius 2 is 2.04 bits per heavy atom. The second-order valence-corrected chi connectivity index (χ2v) is 6.60. The number of ether oxygens (including phenoxy) is 2. The summed E-state index contributed by atoms with van der Waals surface area (Å²) >= 11 is 0. The zero-order valence-electron chi connectivity index (χ0n) is 14.4. The van der Waals surface area contributed by atoms with E-state index in [2.05, 4.69) is 10.2 Å². The molecular weight excluding hydrogens is 320 g/mol. The highest BCUT2D eigenvalue weighted by Crippen LogP contribution is 2.32. The Morgan fingerprint density at radius 1 is 1.20 bits per heavy atom. The van der Waals surface area contributed by atoms with Crippen molar-refractivity contribution in [2.75, 3.05) is 26.3 Å². The first-order chi connectivity index (χ1) is 12.2. The number of hydrogen-bond donors (Lipinski definition) is 0. The number of nitrogens with zero attached hydrogens (tertiary/aromatic N) is 4. The summed E-state index contributed by atoms with van der Waals surface area (Å²) in [5.74, 6) is 2.57. The molecule has 0 N–H and O–H groups in total. The van der Waals surface area contributed by atoms with E-state index in [1.165, 1.54) is 0 Å². The molecule has 1 atom stereocenters. The van der Waals surface area contributed by atoms with Crippen LogP contribution in [0.5, 0.6) is 11.5 Å². The van der Waals surface area contributed by atoms with E-state index in [0.29, 0.717) is 36.8 Å². The second kappa shape index (κ2) is 6.74. The molecule has 25 heavy (non-hydrogen) atoms. The first-order valence-corrected chi connectivity index (χ1v) is 8.75. The summed E-state index contributed by atoms with van der Waals surface area (Å²) in [6.45, 7) is 2.69. The number of carbonyl (C=O) groups is 1. The molecular formula is C18H22N4O3. The minimum atomic E-state index is 0.0301. The van der Waals surface area contributed by atoms with Crippen LogP contribution in [0.3, 0.4) is 0 Å². The summed E-state index contributed by atoms with van der Waals surface area (Å²) in [6.07, 6.45) is 4.55. The molecule has 1 fully saturated rings. The van der Waals surface area contributed by atoms with Crippen molar-refractivity contribution in [1.29, 1.82) is 0 Å². The summed E-state index contributed by atoms with van der Waals surface area (Å²) in [4.78, 5) is 14.9. The van der Waals surface area contributed by atoms with Gasteiger partial charge in [-0.3, -0.25) is 4.79 Å². The average molecular weight is 342 g/mol. The molecule has 1 amide bonds. The molecule has 0 aliphatic carbocycles. The zero-order chi connectivity index (χ0) is 17.2. The first-order valence-electron chi connectivity index (χ1n) is 8.75. The van der Waals surface area contributed by atoms with Gasteiger partial charge in [0.05, 0.1) is 13.2 Å². The van der Waals surface area contributed by atoms with Crippen molar-refractivity contribution in [3.8, 4) is 11.5 Å². The topological polar surface area (TPSA) is 69.5 Å². The molecule has 1 aromatic carbocycles. The molecule has 0 spiro atoms. The molecule has 2 aromatic rings. The lowest BCUT2D eigenvalue weighted by atomic mass is 9.96. The molecule has 0 radical (unpaired) electrons. The number of hydrogen-bond acceptors (Lipinski definition) is 5. The Hall–Kier alpha value is -2.57. The van der Waals surface area contributed by atoms with Crippen molar-refractivity contribution >= 4 is 5.91 Å². The largest absolute Gasteiger partial charge is 0.490 e. The Morgan fingerprint density at radius 3 is 2.84 bits per heavy atom. The van der Waals surface area contributed by atoms with Gasteiger partial charge in [-0.05, 0) is 31.0 Å². The normalized spacial score (nSPS) is 20.2.